The molecule has 6 heteroatoms. The summed E-state index contributed by atoms with van der Waals surface area (Å²) < 4.78 is 0. The first-order chi connectivity index (χ1) is 14.7. The molecular formula is C24H22N4OS. The van der Waals surface area contributed by atoms with Gasteiger partial charge in [0.25, 0.3) is 0 Å². The van der Waals surface area contributed by atoms with Crippen molar-refractivity contribution in [2.75, 3.05) is 10.6 Å². The summed E-state index contributed by atoms with van der Waals surface area (Å²) in [4.78, 5) is 21.5. The lowest BCUT2D eigenvalue weighted by atomic mass is 10.1. The van der Waals surface area contributed by atoms with Crippen molar-refractivity contribution in [2.45, 2.75) is 25.8 Å². The number of carbonyl (C=O) groups is 1. The Morgan fingerprint density at radius 3 is 2.60 bits per heavy atom. The van der Waals surface area contributed by atoms with Crippen molar-refractivity contribution in [3.05, 3.63) is 70.9 Å². The van der Waals surface area contributed by atoms with Crippen LogP contribution in [0.3, 0.4) is 0 Å². The maximum atomic E-state index is 12.0. The Bertz CT molecular complexity index is 1180. The molecule has 0 radical (unpaired) electrons. The number of anilines is 2. The Kier molecular flexibility index (Phi) is 4.93. The number of hydrogen-bond acceptors (Lipinski definition) is 5. The van der Waals surface area contributed by atoms with E-state index in [9.17, 15) is 4.79 Å². The Hall–Kier alpha value is -3.25. The highest BCUT2D eigenvalue weighted by Gasteiger charge is 2.29. The van der Waals surface area contributed by atoms with Gasteiger partial charge < -0.3 is 10.6 Å². The molecule has 0 aliphatic heterocycles. The Balaban J connectivity index is 1.40. The van der Waals surface area contributed by atoms with Gasteiger partial charge in [0.05, 0.1) is 5.52 Å². The molecule has 30 heavy (non-hydrogen) atoms. The third-order valence-electron chi connectivity index (χ3n) is 5.36. The standard InChI is InChI=1S/C24H22N4OS/c1-15(16-8-10-19(11-9-16)26-24(29)17-6-7-17)25-23-20-4-2-3-5-21(20)27-22(28-23)18-12-13-30-14-18/h2-5,8-15,17H,6-7H2,1H3,(H,26,29)(H,25,27,28). The summed E-state index contributed by atoms with van der Waals surface area (Å²) in [5, 5.41) is 11.6. The van der Waals surface area contributed by atoms with E-state index in [2.05, 4.69) is 22.9 Å². The molecule has 0 spiro atoms. The van der Waals surface area contributed by atoms with Crippen LogP contribution < -0.4 is 10.6 Å². The van der Waals surface area contributed by atoms with E-state index in [1.54, 1.807) is 11.3 Å². The quantitative estimate of drug-likeness (QED) is 0.413. The molecule has 150 valence electrons. The Morgan fingerprint density at radius 1 is 1.07 bits per heavy atom. The summed E-state index contributed by atoms with van der Waals surface area (Å²) in [7, 11) is 0. The number of rotatable bonds is 6. The first kappa shape index (κ1) is 18.8. The number of hydrogen-bond donors (Lipinski definition) is 2. The van der Waals surface area contributed by atoms with Crippen LogP contribution in [0.1, 0.15) is 31.4 Å². The third-order valence-corrected chi connectivity index (χ3v) is 6.05. The minimum absolute atomic E-state index is 0.0480. The van der Waals surface area contributed by atoms with E-state index in [1.165, 1.54) is 0 Å². The van der Waals surface area contributed by atoms with Crippen molar-refractivity contribution < 1.29 is 4.79 Å². The first-order valence-corrected chi connectivity index (χ1v) is 11.1. The van der Waals surface area contributed by atoms with Gasteiger partial charge in [0.2, 0.25) is 5.91 Å². The van der Waals surface area contributed by atoms with Gasteiger partial charge in [-0.25, -0.2) is 9.97 Å². The monoisotopic (exact) mass is 414 g/mol. The summed E-state index contributed by atoms with van der Waals surface area (Å²) >= 11 is 1.64. The molecule has 5 nitrogen and oxygen atoms in total. The second-order valence-electron chi connectivity index (χ2n) is 7.68. The summed E-state index contributed by atoms with van der Waals surface area (Å²) in [6, 6.07) is 18.1. The van der Waals surface area contributed by atoms with Crippen LogP contribution in [0.4, 0.5) is 11.5 Å². The van der Waals surface area contributed by atoms with Gasteiger partial charge in [-0.05, 0) is 61.0 Å². The van der Waals surface area contributed by atoms with Gasteiger partial charge in [-0.3, -0.25) is 4.79 Å². The van der Waals surface area contributed by atoms with E-state index in [1.807, 2.05) is 60.0 Å². The summed E-state index contributed by atoms with van der Waals surface area (Å²) in [6.07, 6.45) is 2.01. The number of thiophene rings is 1. The third kappa shape index (κ3) is 3.91. The molecule has 0 bridgehead atoms. The second kappa shape index (κ2) is 7.88. The summed E-state index contributed by atoms with van der Waals surface area (Å²) in [6.45, 7) is 2.11. The lowest BCUT2D eigenvalue weighted by Gasteiger charge is -2.17. The number of nitrogens with one attached hydrogen (secondary N) is 2. The number of benzene rings is 2. The number of carbonyl (C=O) groups excluding carboxylic acids is 1. The molecule has 2 aromatic heterocycles. The largest absolute Gasteiger partial charge is 0.363 e. The number of nitrogens with zero attached hydrogens (tertiary/aromatic N) is 2. The molecule has 1 unspecified atom stereocenters. The predicted octanol–water partition coefficient (Wildman–Crippen LogP) is 5.88. The van der Waals surface area contributed by atoms with Crippen molar-refractivity contribution in [2.24, 2.45) is 5.92 Å². The lowest BCUT2D eigenvalue weighted by Crippen LogP contribution is -2.13. The van der Waals surface area contributed by atoms with Crippen molar-refractivity contribution in [3.63, 3.8) is 0 Å². The lowest BCUT2D eigenvalue weighted by molar-refractivity contribution is -0.117. The highest BCUT2D eigenvalue weighted by atomic mass is 32.1. The van der Waals surface area contributed by atoms with Crippen molar-refractivity contribution in [3.8, 4) is 11.4 Å². The van der Waals surface area contributed by atoms with Crippen molar-refractivity contribution >= 4 is 39.7 Å². The average molecular weight is 415 g/mol. The van der Waals surface area contributed by atoms with Crippen molar-refractivity contribution in [1.82, 2.24) is 9.97 Å². The second-order valence-corrected chi connectivity index (χ2v) is 8.46. The fraction of sp³-hybridized carbons (Fsp3) is 0.208. The molecule has 1 saturated carbocycles. The van der Waals surface area contributed by atoms with E-state index in [0.717, 1.165) is 52.2 Å². The highest BCUT2D eigenvalue weighted by molar-refractivity contribution is 7.08. The van der Waals surface area contributed by atoms with Crippen LogP contribution in [0.25, 0.3) is 22.3 Å². The molecule has 1 aliphatic carbocycles. The fourth-order valence-corrected chi connectivity index (χ4v) is 4.08. The predicted molar refractivity (Wildman–Crippen MR) is 123 cm³/mol. The minimum Gasteiger partial charge on any atom is -0.363 e. The van der Waals surface area contributed by atoms with E-state index in [4.69, 9.17) is 9.97 Å². The SMILES string of the molecule is CC(Nc1nc(-c2ccsc2)nc2ccccc12)c1ccc(NC(=O)C2CC2)cc1. The molecule has 1 atom stereocenters. The topological polar surface area (TPSA) is 66.9 Å². The van der Waals surface area contributed by atoms with Crippen LogP contribution in [0.5, 0.6) is 0 Å². The van der Waals surface area contributed by atoms with E-state index < -0.39 is 0 Å². The number of para-hydroxylation sites is 1. The smallest absolute Gasteiger partial charge is 0.227 e. The van der Waals surface area contributed by atoms with Crippen molar-refractivity contribution in [1.29, 1.82) is 0 Å². The Labute approximate surface area is 179 Å². The first-order valence-electron chi connectivity index (χ1n) is 10.1. The molecule has 5 rings (SSSR count). The zero-order chi connectivity index (χ0) is 20.5. The van der Waals surface area contributed by atoms with Crippen LogP contribution in [0.15, 0.2) is 65.4 Å². The molecule has 1 amide bonds. The van der Waals surface area contributed by atoms with Gasteiger partial charge in [0.15, 0.2) is 5.82 Å². The van der Waals surface area contributed by atoms with E-state index >= 15 is 0 Å². The summed E-state index contributed by atoms with van der Waals surface area (Å²) in [5.41, 5.74) is 3.91. The van der Waals surface area contributed by atoms with Crippen LogP contribution in [0, 0.1) is 5.92 Å². The number of aromatic nitrogens is 2. The highest BCUT2D eigenvalue weighted by Crippen LogP contribution is 2.31. The fourth-order valence-electron chi connectivity index (χ4n) is 3.44. The van der Waals surface area contributed by atoms with Gasteiger partial charge in [0, 0.05) is 34.0 Å². The van der Waals surface area contributed by atoms with E-state index in [-0.39, 0.29) is 17.9 Å². The molecule has 1 aliphatic rings. The van der Waals surface area contributed by atoms with Gasteiger partial charge in [-0.15, -0.1) is 0 Å². The molecule has 1 fully saturated rings. The molecule has 2 aromatic carbocycles. The van der Waals surface area contributed by atoms with Gasteiger partial charge in [-0.1, -0.05) is 24.3 Å². The molecule has 2 heterocycles. The molecular weight excluding hydrogens is 392 g/mol. The maximum absolute atomic E-state index is 12.0. The molecule has 0 saturated heterocycles. The van der Waals surface area contributed by atoms with E-state index in [0.29, 0.717) is 0 Å². The molecule has 2 N–H and O–H groups in total. The van der Waals surface area contributed by atoms with Crippen LogP contribution in [0.2, 0.25) is 0 Å². The van der Waals surface area contributed by atoms with Crippen LogP contribution in [-0.4, -0.2) is 15.9 Å². The normalized spacial score (nSPS) is 14.4. The summed E-state index contributed by atoms with van der Waals surface area (Å²) in [5.74, 6) is 1.87. The van der Waals surface area contributed by atoms with Gasteiger partial charge >= 0.3 is 0 Å². The molecule has 4 aromatic rings. The zero-order valence-electron chi connectivity index (χ0n) is 16.6. The van der Waals surface area contributed by atoms with Gasteiger partial charge in [0.1, 0.15) is 5.82 Å². The average Bonchev–Trinajstić information content (AvgIpc) is 3.48. The number of fused-ring (bicyclic) bond motifs is 1. The van der Waals surface area contributed by atoms with Gasteiger partial charge in [-0.2, -0.15) is 11.3 Å². The maximum Gasteiger partial charge on any atom is 0.227 e. The van der Waals surface area contributed by atoms with Crippen LogP contribution >= 0.6 is 11.3 Å². The minimum atomic E-state index is 0.0480. The zero-order valence-corrected chi connectivity index (χ0v) is 17.4. The van der Waals surface area contributed by atoms with Crippen LogP contribution in [-0.2, 0) is 4.79 Å². The number of amides is 1. The Morgan fingerprint density at radius 2 is 1.87 bits per heavy atom.